The Kier molecular flexibility index (Phi) is 6.15. The second-order valence-corrected chi connectivity index (χ2v) is 6.23. The number of carbonyl (C=O) groups is 2. The lowest BCUT2D eigenvalue weighted by atomic mass is 10.1. The molecular weight excluding hydrogens is 343 g/mol. The summed E-state index contributed by atoms with van der Waals surface area (Å²) in [4.78, 5) is 25.6. The quantitative estimate of drug-likeness (QED) is 0.877. The van der Waals surface area contributed by atoms with Crippen LogP contribution < -0.4 is 10.2 Å². The summed E-state index contributed by atoms with van der Waals surface area (Å²) in [5.74, 6) is -1.29. The summed E-state index contributed by atoms with van der Waals surface area (Å²) in [6, 6.07) is 9.48. The van der Waals surface area contributed by atoms with Gasteiger partial charge in [-0.2, -0.15) is 0 Å². The van der Waals surface area contributed by atoms with Crippen molar-refractivity contribution >= 4 is 29.1 Å². The molecule has 2 amide bonds. The lowest BCUT2D eigenvalue weighted by molar-refractivity contribution is -0.116. The van der Waals surface area contributed by atoms with Crippen LogP contribution in [0.5, 0.6) is 0 Å². The number of hydrogen-bond acceptors (Lipinski definition) is 2. The van der Waals surface area contributed by atoms with E-state index in [0.29, 0.717) is 10.7 Å². The van der Waals surface area contributed by atoms with Gasteiger partial charge < -0.3 is 10.2 Å². The number of carbonyl (C=O) groups excluding carboxylic acids is 2. The molecule has 0 aromatic heterocycles. The topological polar surface area (TPSA) is 49.4 Å². The average molecular weight is 363 g/mol. The Morgan fingerprint density at radius 2 is 1.88 bits per heavy atom. The van der Waals surface area contributed by atoms with Crippen LogP contribution in [0.1, 0.15) is 28.4 Å². The van der Waals surface area contributed by atoms with E-state index in [9.17, 15) is 14.0 Å². The number of benzene rings is 2. The van der Waals surface area contributed by atoms with Crippen molar-refractivity contribution in [1.82, 2.24) is 5.32 Å². The Morgan fingerprint density at radius 1 is 1.20 bits per heavy atom. The Balaban J connectivity index is 2.10. The third kappa shape index (κ3) is 4.57. The maximum Gasteiger partial charge on any atom is 0.254 e. The van der Waals surface area contributed by atoms with Crippen molar-refractivity contribution in [2.45, 2.75) is 20.8 Å². The van der Waals surface area contributed by atoms with Crippen LogP contribution in [0, 0.1) is 19.7 Å². The molecule has 0 aliphatic heterocycles. The molecule has 4 nitrogen and oxygen atoms in total. The van der Waals surface area contributed by atoms with Crippen LogP contribution in [-0.2, 0) is 4.79 Å². The summed E-state index contributed by atoms with van der Waals surface area (Å²) in [6.07, 6.45) is 0. The van der Waals surface area contributed by atoms with E-state index in [0.717, 1.165) is 11.1 Å². The molecule has 2 aromatic carbocycles. The third-order valence-corrected chi connectivity index (χ3v) is 4.08. The van der Waals surface area contributed by atoms with Crippen molar-refractivity contribution in [2.75, 3.05) is 18.0 Å². The molecule has 0 atom stereocenters. The molecule has 0 saturated heterocycles. The maximum atomic E-state index is 13.6. The number of anilines is 1. The second kappa shape index (κ2) is 8.12. The van der Waals surface area contributed by atoms with E-state index in [1.165, 1.54) is 30.0 Å². The lowest BCUT2D eigenvalue weighted by Crippen LogP contribution is -2.38. The second-order valence-electron chi connectivity index (χ2n) is 5.82. The molecule has 0 fully saturated rings. The van der Waals surface area contributed by atoms with Gasteiger partial charge in [0.2, 0.25) is 5.91 Å². The highest BCUT2D eigenvalue weighted by Crippen LogP contribution is 2.31. The minimum absolute atomic E-state index is 0.0265. The van der Waals surface area contributed by atoms with E-state index in [4.69, 9.17) is 11.6 Å². The van der Waals surface area contributed by atoms with Crippen molar-refractivity contribution in [2.24, 2.45) is 0 Å². The Hall–Kier alpha value is -2.40. The van der Waals surface area contributed by atoms with Crippen molar-refractivity contribution in [3.05, 3.63) is 63.9 Å². The van der Waals surface area contributed by atoms with E-state index >= 15 is 0 Å². The van der Waals surface area contributed by atoms with Crippen LogP contribution in [0.3, 0.4) is 0 Å². The molecule has 0 heterocycles. The predicted molar refractivity (Wildman–Crippen MR) is 97.7 cm³/mol. The number of halogens is 2. The smallest absolute Gasteiger partial charge is 0.254 e. The van der Waals surface area contributed by atoms with Crippen LogP contribution in [0.25, 0.3) is 0 Å². The number of rotatable bonds is 5. The number of nitrogens with one attached hydrogen (secondary N) is 1. The van der Waals surface area contributed by atoms with E-state index in [-0.39, 0.29) is 24.6 Å². The fraction of sp³-hybridized carbons (Fsp3) is 0.263. The van der Waals surface area contributed by atoms with Crippen molar-refractivity contribution in [3.63, 3.8) is 0 Å². The molecule has 132 valence electrons. The van der Waals surface area contributed by atoms with Crippen LogP contribution in [0.2, 0.25) is 5.02 Å². The van der Waals surface area contributed by atoms with Gasteiger partial charge in [-0.15, -0.1) is 0 Å². The van der Waals surface area contributed by atoms with Gasteiger partial charge in [0, 0.05) is 20.0 Å². The van der Waals surface area contributed by atoms with Crippen LogP contribution >= 0.6 is 11.6 Å². The molecule has 0 spiro atoms. The molecule has 6 heteroatoms. The monoisotopic (exact) mass is 362 g/mol. The largest absolute Gasteiger partial charge is 0.350 e. The first-order chi connectivity index (χ1) is 11.8. The first-order valence-corrected chi connectivity index (χ1v) is 8.26. The summed E-state index contributed by atoms with van der Waals surface area (Å²) in [5, 5.41) is 3.11. The fourth-order valence-corrected chi connectivity index (χ4v) is 3.12. The summed E-state index contributed by atoms with van der Waals surface area (Å²) < 4.78 is 13.6. The minimum Gasteiger partial charge on any atom is -0.350 e. The molecule has 2 rings (SSSR count). The highest BCUT2D eigenvalue weighted by Gasteiger charge is 2.18. The molecule has 0 saturated carbocycles. The van der Waals surface area contributed by atoms with Gasteiger partial charge in [0.05, 0.1) is 16.3 Å². The molecule has 0 unspecified atom stereocenters. The van der Waals surface area contributed by atoms with E-state index in [1.807, 2.05) is 19.9 Å². The summed E-state index contributed by atoms with van der Waals surface area (Å²) in [7, 11) is 0. The SMILES string of the molecule is CC(=O)N(CCNC(=O)c1ccccc1F)c1c(C)cc(C)cc1Cl. The van der Waals surface area contributed by atoms with E-state index < -0.39 is 11.7 Å². The maximum absolute atomic E-state index is 13.6. The van der Waals surface area contributed by atoms with Gasteiger partial charge in [-0.25, -0.2) is 4.39 Å². The standard InChI is InChI=1S/C19H20ClFN2O2/c1-12-10-13(2)18(16(20)11-12)23(14(3)24)9-8-22-19(25)15-6-4-5-7-17(15)21/h4-7,10-11H,8-9H2,1-3H3,(H,22,25). The molecule has 1 N–H and O–H groups in total. The predicted octanol–water partition coefficient (Wildman–Crippen LogP) is 3.88. The lowest BCUT2D eigenvalue weighted by Gasteiger charge is -2.25. The van der Waals surface area contributed by atoms with Crippen LogP contribution in [-0.4, -0.2) is 24.9 Å². The zero-order valence-electron chi connectivity index (χ0n) is 14.4. The van der Waals surface area contributed by atoms with Crippen molar-refractivity contribution < 1.29 is 14.0 Å². The average Bonchev–Trinajstić information content (AvgIpc) is 2.52. The van der Waals surface area contributed by atoms with Gasteiger partial charge in [-0.3, -0.25) is 9.59 Å². The zero-order chi connectivity index (χ0) is 18.6. The van der Waals surface area contributed by atoms with E-state index in [1.54, 1.807) is 12.1 Å². The Labute approximate surface area is 151 Å². The molecule has 0 aliphatic carbocycles. The number of aryl methyl sites for hydroxylation is 2. The molecular formula is C19H20ClFN2O2. The van der Waals surface area contributed by atoms with Crippen molar-refractivity contribution in [3.8, 4) is 0 Å². The summed E-state index contributed by atoms with van der Waals surface area (Å²) in [5.41, 5.74) is 2.48. The van der Waals surface area contributed by atoms with Crippen LogP contribution in [0.15, 0.2) is 36.4 Å². The van der Waals surface area contributed by atoms with Crippen LogP contribution in [0.4, 0.5) is 10.1 Å². The van der Waals surface area contributed by atoms with Gasteiger partial charge >= 0.3 is 0 Å². The number of amides is 2. The Bertz CT molecular complexity index is 785. The summed E-state index contributed by atoms with van der Waals surface area (Å²) in [6.45, 7) is 5.65. The number of nitrogens with zero attached hydrogens (tertiary/aromatic N) is 1. The molecule has 0 bridgehead atoms. The van der Waals surface area contributed by atoms with E-state index in [2.05, 4.69) is 5.32 Å². The molecule has 0 aliphatic rings. The summed E-state index contributed by atoms with van der Waals surface area (Å²) >= 11 is 6.30. The third-order valence-electron chi connectivity index (χ3n) is 3.79. The Morgan fingerprint density at radius 3 is 2.48 bits per heavy atom. The van der Waals surface area contributed by atoms with Gasteiger partial charge in [-0.05, 0) is 43.2 Å². The first kappa shape index (κ1) is 18.9. The fourth-order valence-electron chi connectivity index (χ4n) is 2.70. The minimum atomic E-state index is -0.583. The molecule has 2 aromatic rings. The highest BCUT2D eigenvalue weighted by molar-refractivity contribution is 6.34. The first-order valence-electron chi connectivity index (χ1n) is 7.89. The molecule has 0 radical (unpaired) electrons. The normalized spacial score (nSPS) is 10.4. The van der Waals surface area contributed by atoms with Crippen molar-refractivity contribution in [1.29, 1.82) is 0 Å². The highest BCUT2D eigenvalue weighted by atomic mass is 35.5. The number of hydrogen-bond donors (Lipinski definition) is 1. The zero-order valence-corrected chi connectivity index (χ0v) is 15.2. The molecule has 25 heavy (non-hydrogen) atoms. The van der Waals surface area contributed by atoms with Gasteiger partial charge in [0.15, 0.2) is 0 Å². The van der Waals surface area contributed by atoms with Gasteiger partial charge in [0.25, 0.3) is 5.91 Å². The van der Waals surface area contributed by atoms with Gasteiger partial charge in [0.1, 0.15) is 5.82 Å². The van der Waals surface area contributed by atoms with Gasteiger partial charge in [-0.1, -0.05) is 29.8 Å².